The maximum Gasteiger partial charge on any atom is 0.132 e. The Morgan fingerprint density at radius 3 is 2.75 bits per heavy atom. The maximum atomic E-state index is 6.07. The Bertz CT molecular complexity index is 551. The molecule has 0 atom stereocenters. The molecule has 0 aromatic heterocycles. The molecular weight excluding hydrogens is 246 g/mol. The predicted molar refractivity (Wildman–Crippen MR) is 88.0 cm³/mol. The molecule has 0 fully saturated rings. The van der Waals surface area contributed by atoms with E-state index in [-0.39, 0.29) is 0 Å². The van der Waals surface area contributed by atoms with Gasteiger partial charge in [-0.1, -0.05) is 37.3 Å². The molecule has 0 amide bonds. The summed E-state index contributed by atoms with van der Waals surface area (Å²) in [7, 11) is 0. The highest BCUT2D eigenvalue weighted by molar-refractivity contribution is 5.72. The summed E-state index contributed by atoms with van der Waals surface area (Å²) >= 11 is 0. The Morgan fingerprint density at radius 1 is 1.40 bits per heavy atom. The van der Waals surface area contributed by atoms with Crippen LogP contribution in [-0.4, -0.2) is 0 Å². The van der Waals surface area contributed by atoms with Crippen LogP contribution in [0.15, 0.2) is 60.9 Å². The second-order valence-corrected chi connectivity index (χ2v) is 4.47. The Labute approximate surface area is 122 Å². The van der Waals surface area contributed by atoms with Gasteiger partial charge >= 0.3 is 0 Å². The van der Waals surface area contributed by atoms with Gasteiger partial charge in [-0.05, 0) is 50.6 Å². The molecule has 0 spiro atoms. The second kappa shape index (κ2) is 8.05. The third kappa shape index (κ3) is 4.47. The average molecular weight is 269 g/mol. The molecule has 0 bridgehead atoms. The molecule has 20 heavy (non-hydrogen) atoms. The molecule has 0 unspecified atom stereocenters. The second-order valence-electron chi connectivity index (χ2n) is 4.47. The number of hydrogen-bond donors (Lipinski definition) is 1. The number of anilines is 1. The van der Waals surface area contributed by atoms with E-state index in [4.69, 9.17) is 10.5 Å². The van der Waals surface area contributed by atoms with Crippen molar-refractivity contribution in [2.24, 2.45) is 0 Å². The van der Waals surface area contributed by atoms with Gasteiger partial charge in [0, 0.05) is 11.3 Å². The van der Waals surface area contributed by atoms with E-state index in [0.29, 0.717) is 5.69 Å². The fourth-order valence-electron chi connectivity index (χ4n) is 1.81. The van der Waals surface area contributed by atoms with Crippen LogP contribution < -0.4 is 5.73 Å². The minimum atomic E-state index is 0.716. The summed E-state index contributed by atoms with van der Waals surface area (Å²) in [6.07, 6.45) is 10.3. The lowest BCUT2D eigenvalue weighted by molar-refractivity contribution is 0.399. The van der Waals surface area contributed by atoms with Gasteiger partial charge in [0.1, 0.15) is 11.5 Å². The number of rotatable bonds is 6. The molecule has 0 heterocycles. The summed E-state index contributed by atoms with van der Waals surface area (Å²) in [6.45, 7) is 9.77. The van der Waals surface area contributed by atoms with Crippen molar-refractivity contribution in [3.8, 4) is 0 Å². The van der Waals surface area contributed by atoms with Crippen molar-refractivity contribution in [1.82, 2.24) is 0 Å². The van der Waals surface area contributed by atoms with Crippen molar-refractivity contribution in [2.45, 2.75) is 27.2 Å². The number of benzene rings is 1. The molecule has 0 aliphatic heterocycles. The van der Waals surface area contributed by atoms with E-state index in [1.807, 2.05) is 56.4 Å². The van der Waals surface area contributed by atoms with Gasteiger partial charge in [0.25, 0.3) is 0 Å². The van der Waals surface area contributed by atoms with Gasteiger partial charge in [-0.3, -0.25) is 0 Å². The molecule has 2 nitrogen and oxygen atoms in total. The smallest absolute Gasteiger partial charge is 0.132 e. The summed E-state index contributed by atoms with van der Waals surface area (Å²) < 4.78 is 5.98. The monoisotopic (exact) mass is 269 g/mol. The molecule has 106 valence electrons. The lowest BCUT2D eigenvalue weighted by Crippen LogP contribution is -1.98. The third-order valence-electron chi connectivity index (χ3n) is 2.70. The van der Waals surface area contributed by atoms with Gasteiger partial charge in [0.05, 0.1) is 0 Å². The molecular formula is C18H23NO. The van der Waals surface area contributed by atoms with Gasteiger partial charge in [0.2, 0.25) is 0 Å². The van der Waals surface area contributed by atoms with Gasteiger partial charge in [-0.25, -0.2) is 0 Å². The van der Waals surface area contributed by atoms with E-state index in [1.165, 1.54) is 0 Å². The summed E-state index contributed by atoms with van der Waals surface area (Å²) in [4.78, 5) is 0. The minimum Gasteiger partial charge on any atom is -0.457 e. The van der Waals surface area contributed by atoms with Crippen molar-refractivity contribution in [1.29, 1.82) is 0 Å². The van der Waals surface area contributed by atoms with Crippen molar-refractivity contribution >= 4 is 11.4 Å². The first-order valence-corrected chi connectivity index (χ1v) is 6.82. The first kappa shape index (κ1) is 15.8. The lowest BCUT2D eigenvalue weighted by atomic mass is 10.1. The zero-order valence-corrected chi connectivity index (χ0v) is 12.5. The largest absolute Gasteiger partial charge is 0.457 e. The molecule has 1 aromatic carbocycles. The van der Waals surface area contributed by atoms with E-state index in [9.17, 15) is 0 Å². The molecule has 0 aliphatic rings. The zero-order chi connectivity index (χ0) is 15.0. The first-order chi connectivity index (χ1) is 9.62. The fraction of sp³-hybridized carbons (Fsp3) is 0.222. The molecule has 1 rings (SSSR count). The van der Waals surface area contributed by atoms with Crippen molar-refractivity contribution in [3.63, 3.8) is 0 Å². The van der Waals surface area contributed by atoms with Crippen LogP contribution >= 0.6 is 0 Å². The Balaban J connectivity index is 3.18. The van der Waals surface area contributed by atoms with Gasteiger partial charge < -0.3 is 10.5 Å². The number of nitrogens with two attached hydrogens (primary N) is 1. The standard InChI is InChI=1S/C18H23NO/c1-5-8-15(9-6-2)20-18(10-7-3)16-13-14(4)11-12-17(16)19/h5-6,8-13H,1,7,19H2,2-4H3/b9-6-,15-8+,18-10+. The normalized spacial score (nSPS) is 12.8. The lowest BCUT2D eigenvalue weighted by Gasteiger charge is -2.14. The van der Waals surface area contributed by atoms with E-state index in [1.54, 1.807) is 6.08 Å². The molecule has 1 aromatic rings. The van der Waals surface area contributed by atoms with Crippen LogP contribution in [0.25, 0.3) is 5.76 Å². The van der Waals surface area contributed by atoms with Crippen LogP contribution in [0.3, 0.4) is 0 Å². The number of allylic oxidation sites excluding steroid dienone is 5. The van der Waals surface area contributed by atoms with Crippen molar-refractivity contribution < 1.29 is 4.74 Å². The quantitative estimate of drug-likeness (QED) is 0.448. The summed E-state index contributed by atoms with van der Waals surface area (Å²) in [6, 6.07) is 5.94. The molecule has 2 N–H and O–H groups in total. The van der Waals surface area contributed by atoms with Gasteiger partial charge in [-0.2, -0.15) is 0 Å². The summed E-state index contributed by atoms with van der Waals surface area (Å²) in [5.41, 5.74) is 8.86. The highest BCUT2D eigenvalue weighted by Gasteiger charge is 2.08. The van der Waals surface area contributed by atoms with Gasteiger partial charge in [0.15, 0.2) is 0 Å². The van der Waals surface area contributed by atoms with Crippen LogP contribution in [-0.2, 0) is 4.74 Å². The third-order valence-corrected chi connectivity index (χ3v) is 2.70. The van der Waals surface area contributed by atoms with Crippen LogP contribution in [0.1, 0.15) is 31.4 Å². The van der Waals surface area contributed by atoms with Crippen LogP contribution in [0.4, 0.5) is 5.69 Å². The number of ether oxygens (including phenoxy) is 1. The molecule has 0 aliphatic carbocycles. The SMILES string of the molecule is C=C/C=C(\C=C/C)O/C(=C/CC)c1cc(C)ccc1N. The highest BCUT2D eigenvalue weighted by Crippen LogP contribution is 2.26. The highest BCUT2D eigenvalue weighted by atomic mass is 16.5. The Kier molecular flexibility index (Phi) is 6.38. The molecule has 2 heteroatoms. The van der Waals surface area contributed by atoms with E-state index >= 15 is 0 Å². The number of hydrogen-bond acceptors (Lipinski definition) is 2. The minimum absolute atomic E-state index is 0.716. The average Bonchev–Trinajstić information content (AvgIpc) is 2.41. The van der Waals surface area contributed by atoms with Crippen molar-refractivity contribution in [2.75, 3.05) is 5.73 Å². The zero-order valence-electron chi connectivity index (χ0n) is 12.5. The molecule has 0 saturated carbocycles. The van der Waals surface area contributed by atoms with Crippen LogP contribution in [0, 0.1) is 6.92 Å². The Morgan fingerprint density at radius 2 is 2.15 bits per heavy atom. The molecule has 0 saturated heterocycles. The van der Waals surface area contributed by atoms with E-state index in [0.717, 1.165) is 29.1 Å². The van der Waals surface area contributed by atoms with Crippen LogP contribution in [0.5, 0.6) is 0 Å². The van der Waals surface area contributed by atoms with E-state index < -0.39 is 0 Å². The van der Waals surface area contributed by atoms with Gasteiger partial charge in [-0.15, -0.1) is 0 Å². The fourth-order valence-corrected chi connectivity index (χ4v) is 1.81. The van der Waals surface area contributed by atoms with E-state index in [2.05, 4.69) is 13.5 Å². The maximum absolute atomic E-state index is 6.07. The predicted octanol–water partition coefficient (Wildman–Crippen LogP) is 4.99. The molecule has 0 radical (unpaired) electrons. The number of nitrogen functional groups attached to an aromatic ring is 1. The topological polar surface area (TPSA) is 35.2 Å². The Hall–Kier alpha value is -2.22. The first-order valence-electron chi connectivity index (χ1n) is 6.82. The summed E-state index contributed by atoms with van der Waals surface area (Å²) in [5, 5.41) is 0. The van der Waals surface area contributed by atoms with Crippen LogP contribution in [0.2, 0.25) is 0 Å². The summed E-state index contributed by atoms with van der Waals surface area (Å²) in [5.74, 6) is 1.52. The number of aryl methyl sites for hydroxylation is 1. The van der Waals surface area contributed by atoms with Crippen molar-refractivity contribution in [3.05, 3.63) is 72.0 Å².